The number of nitrogens with one attached hydrogen (secondary N) is 1. The standard InChI is InChI=1S/C10H19N3/c1-12-6-3-9(4-7-12)10-11-5-8-13(10)2/h5,8-11H,3-4,6-7H2,1-2H3. The topological polar surface area (TPSA) is 18.5 Å². The van der Waals surface area contributed by atoms with Crippen molar-refractivity contribution in [2.24, 2.45) is 5.92 Å². The molecule has 0 spiro atoms. The number of nitrogens with zero attached hydrogens (tertiary/aromatic N) is 2. The van der Waals surface area contributed by atoms with E-state index in [4.69, 9.17) is 0 Å². The van der Waals surface area contributed by atoms with E-state index in [0.29, 0.717) is 6.17 Å². The van der Waals surface area contributed by atoms with Crippen molar-refractivity contribution >= 4 is 0 Å². The second-order valence-electron chi connectivity index (χ2n) is 4.23. The molecule has 0 aromatic heterocycles. The van der Waals surface area contributed by atoms with E-state index in [1.807, 2.05) is 0 Å². The minimum absolute atomic E-state index is 0.550. The Morgan fingerprint density at radius 2 is 1.92 bits per heavy atom. The zero-order chi connectivity index (χ0) is 9.26. The smallest absolute Gasteiger partial charge is 0.101 e. The molecule has 13 heavy (non-hydrogen) atoms. The van der Waals surface area contributed by atoms with Gasteiger partial charge < -0.3 is 15.1 Å². The Kier molecular flexibility index (Phi) is 2.44. The van der Waals surface area contributed by atoms with Gasteiger partial charge in [0.15, 0.2) is 0 Å². The maximum absolute atomic E-state index is 3.42. The highest BCUT2D eigenvalue weighted by molar-refractivity contribution is 4.96. The molecule has 3 nitrogen and oxygen atoms in total. The van der Waals surface area contributed by atoms with Crippen LogP contribution in [0.25, 0.3) is 0 Å². The molecule has 1 fully saturated rings. The van der Waals surface area contributed by atoms with Crippen LogP contribution in [0.1, 0.15) is 12.8 Å². The third-order valence-corrected chi connectivity index (χ3v) is 3.23. The molecule has 0 amide bonds. The van der Waals surface area contributed by atoms with Gasteiger partial charge >= 0.3 is 0 Å². The van der Waals surface area contributed by atoms with E-state index in [0.717, 1.165) is 5.92 Å². The summed E-state index contributed by atoms with van der Waals surface area (Å²) in [6, 6.07) is 0. The van der Waals surface area contributed by atoms with Gasteiger partial charge in [-0.15, -0.1) is 0 Å². The van der Waals surface area contributed by atoms with E-state index in [2.05, 4.69) is 41.6 Å². The van der Waals surface area contributed by atoms with Gasteiger partial charge in [-0.2, -0.15) is 0 Å². The van der Waals surface area contributed by atoms with E-state index in [1.165, 1.54) is 25.9 Å². The van der Waals surface area contributed by atoms with E-state index < -0.39 is 0 Å². The van der Waals surface area contributed by atoms with Gasteiger partial charge in [0.1, 0.15) is 6.17 Å². The van der Waals surface area contributed by atoms with Crippen molar-refractivity contribution < 1.29 is 0 Å². The van der Waals surface area contributed by atoms with Crippen LogP contribution in [0, 0.1) is 5.92 Å². The summed E-state index contributed by atoms with van der Waals surface area (Å²) in [6.07, 6.45) is 7.38. The average Bonchev–Trinajstić information content (AvgIpc) is 2.53. The van der Waals surface area contributed by atoms with Crippen LogP contribution in [-0.4, -0.2) is 43.2 Å². The molecule has 2 heterocycles. The van der Waals surface area contributed by atoms with Gasteiger partial charge in [-0.25, -0.2) is 0 Å². The predicted octanol–water partition coefficient (Wildman–Crippen LogP) is 0.660. The summed E-state index contributed by atoms with van der Waals surface area (Å²) >= 11 is 0. The lowest BCUT2D eigenvalue weighted by atomic mass is 9.94. The minimum Gasteiger partial charge on any atom is -0.370 e. The zero-order valence-electron chi connectivity index (χ0n) is 8.53. The molecule has 2 rings (SSSR count). The molecule has 0 aliphatic carbocycles. The SMILES string of the molecule is CN1CCC(C2NC=CN2C)CC1. The van der Waals surface area contributed by atoms with E-state index in [9.17, 15) is 0 Å². The first-order valence-corrected chi connectivity index (χ1v) is 5.10. The van der Waals surface area contributed by atoms with Gasteiger partial charge in [0.25, 0.3) is 0 Å². The molecule has 0 saturated carbocycles. The molecule has 0 radical (unpaired) electrons. The van der Waals surface area contributed by atoms with Crippen LogP contribution < -0.4 is 5.32 Å². The molecular weight excluding hydrogens is 162 g/mol. The van der Waals surface area contributed by atoms with Crippen LogP contribution >= 0.6 is 0 Å². The lowest BCUT2D eigenvalue weighted by Gasteiger charge is -2.35. The normalized spacial score (nSPS) is 30.9. The largest absolute Gasteiger partial charge is 0.370 e. The molecule has 3 heteroatoms. The molecular formula is C10H19N3. The van der Waals surface area contributed by atoms with Crippen LogP contribution in [0.4, 0.5) is 0 Å². The predicted molar refractivity (Wildman–Crippen MR) is 54.0 cm³/mol. The molecule has 74 valence electrons. The molecule has 0 aromatic rings. The van der Waals surface area contributed by atoms with Crippen LogP contribution in [-0.2, 0) is 0 Å². The summed E-state index contributed by atoms with van der Waals surface area (Å²) < 4.78 is 0. The van der Waals surface area contributed by atoms with E-state index >= 15 is 0 Å². The number of rotatable bonds is 1. The molecule has 2 aliphatic heterocycles. The van der Waals surface area contributed by atoms with Crippen molar-refractivity contribution in [3.63, 3.8) is 0 Å². The first-order valence-electron chi connectivity index (χ1n) is 5.10. The van der Waals surface area contributed by atoms with Gasteiger partial charge in [-0.05, 0) is 33.0 Å². The first-order chi connectivity index (χ1) is 6.27. The summed E-state index contributed by atoms with van der Waals surface area (Å²) in [7, 11) is 4.36. The van der Waals surface area contributed by atoms with Crippen molar-refractivity contribution in [1.82, 2.24) is 15.1 Å². The molecule has 0 aromatic carbocycles. The molecule has 1 unspecified atom stereocenters. The van der Waals surface area contributed by atoms with Gasteiger partial charge in [-0.1, -0.05) is 0 Å². The van der Waals surface area contributed by atoms with Crippen LogP contribution in [0.3, 0.4) is 0 Å². The molecule has 0 bridgehead atoms. The molecule has 1 saturated heterocycles. The lowest BCUT2D eigenvalue weighted by molar-refractivity contribution is 0.140. The molecule has 1 atom stereocenters. The van der Waals surface area contributed by atoms with Crippen LogP contribution in [0.5, 0.6) is 0 Å². The fourth-order valence-corrected chi connectivity index (χ4v) is 2.28. The van der Waals surface area contributed by atoms with E-state index in [1.54, 1.807) is 0 Å². The fourth-order valence-electron chi connectivity index (χ4n) is 2.28. The Labute approximate surface area is 80.4 Å². The lowest BCUT2D eigenvalue weighted by Crippen LogP contribution is -2.44. The maximum Gasteiger partial charge on any atom is 0.101 e. The fraction of sp³-hybridized carbons (Fsp3) is 0.800. The van der Waals surface area contributed by atoms with Gasteiger partial charge in [0.2, 0.25) is 0 Å². The Bertz CT molecular complexity index is 194. The summed E-state index contributed by atoms with van der Waals surface area (Å²) in [4.78, 5) is 4.70. The molecule has 1 N–H and O–H groups in total. The van der Waals surface area contributed by atoms with Crippen molar-refractivity contribution in [3.8, 4) is 0 Å². The third-order valence-electron chi connectivity index (χ3n) is 3.23. The number of hydrogen-bond acceptors (Lipinski definition) is 3. The minimum atomic E-state index is 0.550. The third kappa shape index (κ3) is 1.80. The number of likely N-dealkylation sites (tertiary alicyclic amines) is 1. The van der Waals surface area contributed by atoms with Crippen molar-refractivity contribution in [3.05, 3.63) is 12.4 Å². The summed E-state index contributed by atoms with van der Waals surface area (Å²) in [5.74, 6) is 0.816. The Hall–Kier alpha value is -0.700. The van der Waals surface area contributed by atoms with Gasteiger partial charge in [-0.3, -0.25) is 0 Å². The quantitative estimate of drug-likeness (QED) is 0.641. The first kappa shape index (κ1) is 8.88. The zero-order valence-corrected chi connectivity index (χ0v) is 8.53. The second-order valence-corrected chi connectivity index (χ2v) is 4.23. The van der Waals surface area contributed by atoms with Crippen molar-refractivity contribution in [2.45, 2.75) is 19.0 Å². The number of piperidine rings is 1. The van der Waals surface area contributed by atoms with E-state index in [-0.39, 0.29) is 0 Å². The highest BCUT2D eigenvalue weighted by Crippen LogP contribution is 2.23. The van der Waals surface area contributed by atoms with Crippen molar-refractivity contribution in [2.75, 3.05) is 27.2 Å². The monoisotopic (exact) mass is 181 g/mol. The van der Waals surface area contributed by atoms with Gasteiger partial charge in [0.05, 0.1) is 0 Å². The van der Waals surface area contributed by atoms with Gasteiger partial charge in [0, 0.05) is 25.4 Å². The summed E-state index contributed by atoms with van der Waals surface area (Å²) in [6.45, 7) is 2.49. The highest BCUT2D eigenvalue weighted by atomic mass is 15.3. The van der Waals surface area contributed by atoms with Crippen LogP contribution in [0.15, 0.2) is 12.4 Å². The molecule has 2 aliphatic rings. The van der Waals surface area contributed by atoms with Crippen LogP contribution in [0.2, 0.25) is 0 Å². The summed E-state index contributed by atoms with van der Waals surface area (Å²) in [5.41, 5.74) is 0. The number of hydrogen-bond donors (Lipinski definition) is 1. The maximum atomic E-state index is 3.42. The average molecular weight is 181 g/mol. The summed E-state index contributed by atoms with van der Waals surface area (Å²) in [5, 5.41) is 3.42. The Morgan fingerprint density at radius 1 is 1.23 bits per heavy atom. The second kappa shape index (κ2) is 3.58. The Morgan fingerprint density at radius 3 is 2.46 bits per heavy atom. The Balaban J connectivity index is 1.88. The highest BCUT2D eigenvalue weighted by Gasteiger charge is 2.28. The van der Waals surface area contributed by atoms with Crippen molar-refractivity contribution in [1.29, 1.82) is 0 Å².